The molecule has 0 aliphatic carbocycles. The molecule has 6 heteroatoms. The van der Waals surface area contributed by atoms with Crippen LogP contribution in [0.1, 0.15) is 18.9 Å². The zero-order valence-corrected chi connectivity index (χ0v) is 10.3. The quantitative estimate of drug-likeness (QED) is 0.586. The first-order chi connectivity index (χ1) is 8.60. The number of para-hydroxylation sites is 1. The molecule has 0 spiro atoms. The van der Waals surface area contributed by atoms with Gasteiger partial charge in [0.1, 0.15) is 0 Å². The number of nitrogens with two attached hydrogens (primary N) is 1. The Morgan fingerprint density at radius 1 is 1.50 bits per heavy atom. The van der Waals surface area contributed by atoms with E-state index in [1.807, 2.05) is 6.92 Å². The van der Waals surface area contributed by atoms with Crippen LogP contribution in [0.25, 0.3) is 0 Å². The van der Waals surface area contributed by atoms with E-state index in [0.29, 0.717) is 12.0 Å². The van der Waals surface area contributed by atoms with Crippen LogP contribution in [0, 0.1) is 16.0 Å². The van der Waals surface area contributed by atoms with Gasteiger partial charge in [0.2, 0.25) is 5.91 Å². The summed E-state index contributed by atoms with van der Waals surface area (Å²) in [5.74, 6) is -0.411. The van der Waals surface area contributed by atoms with Gasteiger partial charge in [0.25, 0.3) is 5.69 Å². The van der Waals surface area contributed by atoms with Gasteiger partial charge in [-0.2, -0.15) is 0 Å². The molecule has 6 nitrogen and oxygen atoms in total. The van der Waals surface area contributed by atoms with Crippen molar-refractivity contribution in [2.24, 2.45) is 11.7 Å². The highest BCUT2D eigenvalue weighted by Crippen LogP contribution is 2.17. The molecule has 1 atom stereocenters. The lowest BCUT2D eigenvalue weighted by atomic mass is 10.1. The summed E-state index contributed by atoms with van der Waals surface area (Å²) < 4.78 is 0. The van der Waals surface area contributed by atoms with Gasteiger partial charge in [0, 0.05) is 30.6 Å². The van der Waals surface area contributed by atoms with Crippen molar-refractivity contribution in [3.63, 3.8) is 0 Å². The molecule has 3 N–H and O–H groups in total. The number of amides is 1. The fraction of sp³-hybridized carbons (Fsp3) is 0.417. The summed E-state index contributed by atoms with van der Waals surface area (Å²) in [5, 5.41) is 13.5. The van der Waals surface area contributed by atoms with Crippen LogP contribution in [0.3, 0.4) is 0 Å². The molecule has 0 saturated carbocycles. The predicted molar refractivity (Wildman–Crippen MR) is 67.8 cm³/mol. The molecule has 0 radical (unpaired) electrons. The van der Waals surface area contributed by atoms with Crippen molar-refractivity contribution in [2.45, 2.75) is 19.9 Å². The van der Waals surface area contributed by atoms with Gasteiger partial charge >= 0.3 is 0 Å². The highest BCUT2D eigenvalue weighted by atomic mass is 16.6. The van der Waals surface area contributed by atoms with Crippen LogP contribution in [-0.2, 0) is 11.3 Å². The molecule has 0 aliphatic heterocycles. The van der Waals surface area contributed by atoms with Crippen molar-refractivity contribution in [3.8, 4) is 0 Å². The van der Waals surface area contributed by atoms with Gasteiger partial charge in [-0.15, -0.1) is 0 Å². The minimum atomic E-state index is -0.457. The zero-order chi connectivity index (χ0) is 13.5. The minimum absolute atomic E-state index is 0.0126. The Morgan fingerprint density at radius 3 is 2.72 bits per heavy atom. The molecule has 0 bridgehead atoms. The van der Waals surface area contributed by atoms with Gasteiger partial charge in [-0.05, 0) is 6.42 Å². The number of nitro groups is 1. The third-order valence-electron chi connectivity index (χ3n) is 2.79. The van der Waals surface area contributed by atoms with E-state index >= 15 is 0 Å². The van der Waals surface area contributed by atoms with E-state index in [1.54, 1.807) is 18.2 Å². The third kappa shape index (κ3) is 3.53. The van der Waals surface area contributed by atoms with Crippen molar-refractivity contribution in [3.05, 3.63) is 39.9 Å². The highest BCUT2D eigenvalue weighted by molar-refractivity contribution is 5.78. The number of carbonyl (C=O) groups is 1. The maximum absolute atomic E-state index is 11.7. The molecule has 0 aromatic heterocycles. The Balaban J connectivity index is 2.69. The molecule has 1 amide bonds. The first-order valence-electron chi connectivity index (χ1n) is 5.80. The molecule has 18 heavy (non-hydrogen) atoms. The number of carbonyl (C=O) groups excluding carboxylic acids is 1. The van der Waals surface area contributed by atoms with Crippen molar-refractivity contribution in [1.82, 2.24) is 5.32 Å². The van der Waals surface area contributed by atoms with Gasteiger partial charge < -0.3 is 11.1 Å². The summed E-state index contributed by atoms with van der Waals surface area (Å²) in [5.41, 5.74) is 5.96. The van der Waals surface area contributed by atoms with Gasteiger partial charge in [-0.25, -0.2) is 0 Å². The van der Waals surface area contributed by atoms with Crippen molar-refractivity contribution >= 4 is 11.6 Å². The number of rotatable bonds is 6. The lowest BCUT2D eigenvalue weighted by Gasteiger charge is -2.12. The lowest BCUT2D eigenvalue weighted by Crippen LogP contribution is -2.34. The first kappa shape index (κ1) is 14.1. The largest absolute Gasteiger partial charge is 0.351 e. The molecule has 1 aromatic carbocycles. The fourth-order valence-electron chi connectivity index (χ4n) is 1.62. The second-order valence-electron chi connectivity index (χ2n) is 3.94. The normalized spacial score (nSPS) is 11.9. The third-order valence-corrected chi connectivity index (χ3v) is 2.79. The average Bonchev–Trinajstić information content (AvgIpc) is 2.38. The summed E-state index contributed by atoms with van der Waals surface area (Å²) in [7, 11) is 0. The molecule has 0 heterocycles. The van der Waals surface area contributed by atoms with E-state index in [1.165, 1.54) is 6.07 Å². The Kier molecular flexibility index (Phi) is 5.26. The van der Waals surface area contributed by atoms with Crippen LogP contribution in [0.15, 0.2) is 24.3 Å². The Morgan fingerprint density at radius 2 is 2.17 bits per heavy atom. The van der Waals surface area contributed by atoms with Gasteiger partial charge in [-0.1, -0.05) is 25.1 Å². The predicted octanol–water partition coefficient (Wildman–Crippen LogP) is 1.20. The average molecular weight is 251 g/mol. The second-order valence-corrected chi connectivity index (χ2v) is 3.94. The summed E-state index contributed by atoms with van der Waals surface area (Å²) in [6.07, 6.45) is 0.652. The van der Waals surface area contributed by atoms with Crippen molar-refractivity contribution in [2.75, 3.05) is 6.54 Å². The Labute approximate surface area is 105 Å². The SMILES string of the molecule is CCC(CN)C(=O)NCc1ccccc1[N+](=O)[O-]. The molecular formula is C12H17N3O3. The van der Waals surface area contributed by atoms with E-state index in [0.717, 1.165) is 0 Å². The van der Waals surface area contributed by atoms with E-state index in [2.05, 4.69) is 5.32 Å². The van der Waals surface area contributed by atoms with E-state index in [4.69, 9.17) is 5.73 Å². The summed E-state index contributed by atoms with van der Waals surface area (Å²) in [6, 6.07) is 6.34. The first-order valence-corrected chi connectivity index (χ1v) is 5.80. The van der Waals surface area contributed by atoms with Crippen LogP contribution in [-0.4, -0.2) is 17.4 Å². The maximum atomic E-state index is 11.7. The van der Waals surface area contributed by atoms with Crippen LogP contribution in [0.5, 0.6) is 0 Å². The zero-order valence-electron chi connectivity index (χ0n) is 10.3. The topological polar surface area (TPSA) is 98.3 Å². The number of hydrogen-bond donors (Lipinski definition) is 2. The van der Waals surface area contributed by atoms with E-state index in [-0.39, 0.29) is 30.6 Å². The van der Waals surface area contributed by atoms with Crippen molar-refractivity contribution < 1.29 is 9.72 Å². The molecule has 0 aliphatic rings. The second kappa shape index (κ2) is 6.70. The molecule has 98 valence electrons. The van der Waals surface area contributed by atoms with Crippen LogP contribution >= 0.6 is 0 Å². The van der Waals surface area contributed by atoms with Crippen LogP contribution < -0.4 is 11.1 Å². The van der Waals surface area contributed by atoms with Crippen LogP contribution in [0.4, 0.5) is 5.69 Å². The number of nitrogens with one attached hydrogen (secondary N) is 1. The number of nitrogens with zero attached hydrogens (tertiary/aromatic N) is 1. The van der Waals surface area contributed by atoms with E-state index in [9.17, 15) is 14.9 Å². The van der Waals surface area contributed by atoms with Gasteiger partial charge in [0.05, 0.1) is 4.92 Å². The number of hydrogen-bond acceptors (Lipinski definition) is 4. The minimum Gasteiger partial charge on any atom is -0.351 e. The summed E-state index contributed by atoms with van der Waals surface area (Å²) in [4.78, 5) is 22.0. The van der Waals surface area contributed by atoms with E-state index < -0.39 is 4.92 Å². The standard InChI is InChI=1S/C12H17N3O3/c1-2-9(7-13)12(16)14-8-10-5-3-4-6-11(10)15(17)18/h3-6,9H,2,7-8,13H2,1H3,(H,14,16). The smallest absolute Gasteiger partial charge is 0.274 e. The maximum Gasteiger partial charge on any atom is 0.274 e. The lowest BCUT2D eigenvalue weighted by molar-refractivity contribution is -0.385. The van der Waals surface area contributed by atoms with Crippen LogP contribution in [0.2, 0.25) is 0 Å². The monoisotopic (exact) mass is 251 g/mol. The number of nitro benzene ring substituents is 1. The fourth-order valence-corrected chi connectivity index (χ4v) is 1.62. The summed E-state index contributed by atoms with van der Waals surface area (Å²) >= 11 is 0. The van der Waals surface area contributed by atoms with Gasteiger partial charge in [0.15, 0.2) is 0 Å². The Bertz CT molecular complexity index is 430. The Hall–Kier alpha value is -1.95. The molecule has 0 fully saturated rings. The van der Waals surface area contributed by atoms with Gasteiger partial charge in [-0.3, -0.25) is 14.9 Å². The molecule has 1 aromatic rings. The van der Waals surface area contributed by atoms with Crippen molar-refractivity contribution in [1.29, 1.82) is 0 Å². The summed E-state index contributed by atoms with van der Waals surface area (Å²) in [6.45, 7) is 2.30. The highest BCUT2D eigenvalue weighted by Gasteiger charge is 2.16. The number of benzene rings is 1. The molecular weight excluding hydrogens is 234 g/mol. The molecule has 1 rings (SSSR count). The molecule has 0 saturated heterocycles. The molecule has 1 unspecified atom stereocenters.